The highest BCUT2D eigenvalue weighted by Gasteiger charge is 2.23. The smallest absolute Gasteiger partial charge is 0.131 e. The summed E-state index contributed by atoms with van der Waals surface area (Å²) in [6.07, 6.45) is 9.72. The van der Waals surface area contributed by atoms with E-state index in [1.54, 1.807) is 0 Å². The van der Waals surface area contributed by atoms with Crippen molar-refractivity contribution in [3.8, 4) is 0 Å². The molecule has 1 saturated carbocycles. The summed E-state index contributed by atoms with van der Waals surface area (Å²) in [5.74, 6) is 1.70. The Morgan fingerprint density at radius 2 is 2.04 bits per heavy atom. The Morgan fingerprint density at radius 1 is 1.21 bits per heavy atom. The number of fused-ring (bicyclic) bond motifs is 1. The quantitative estimate of drug-likeness (QED) is 0.870. The fourth-order valence-corrected chi connectivity index (χ4v) is 4.12. The van der Waals surface area contributed by atoms with E-state index in [-0.39, 0.29) is 0 Å². The van der Waals surface area contributed by atoms with Crippen LogP contribution in [0.1, 0.15) is 66.5 Å². The van der Waals surface area contributed by atoms with Crippen molar-refractivity contribution in [1.29, 1.82) is 0 Å². The molecular formula is C19H27N5. The molecule has 0 saturated heterocycles. The van der Waals surface area contributed by atoms with Crippen LogP contribution in [0.3, 0.4) is 0 Å². The lowest BCUT2D eigenvalue weighted by Gasteiger charge is -2.29. The van der Waals surface area contributed by atoms with Crippen LogP contribution in [-0.2, 0) is 26.6 Å². The molecule has 1 aliphatic heterocycles. The summed E-state index contributed by atoms with van der Waals surface area (Å²) < 4.78 is 1.99. The summed E-state index contributed by atoms with van der Waals surface area (Å²) in [5.41, 5.74) is 4.95. The number of hydrogen-bond donors (Lipinski definition) is 0. The van der Waals surface area contributed by atoms with Crippen molar-refractivity contribution in [2.45, 2.75) is 64.5 Å². The van der Waals surface area contributed by atoms with E-state index in [1.165, 1.54) is 49.1 Å². The molecule has 128 valence electrons. The van der Waals surface area contributed by atoms with Gasteiger partial charge in [0, 0.05) is 56.5 Å². The third-order valence-electron chi connectivity index (χ3n) is 5.49. The molecule has 0 radical (unpaired) electrons. The fourth-order valence-electron chi connectivity index (χ4n) is 4.12. The monoisotopic (exact) mass is 325 g/mol. The van der Waals surface area contributed by atoms with Gasteiger partial charge >= 0.3 is 0 Å². The van der Waals surface area contributed by atoms with Crippen molar-refractivity contribution >= 4 is 0 Å². The number of aryl methyl sites for hydroxylation is 2. The lowest BCUT2D eigenvalue weighted by molar-refractivity contribution is 0.236. The van der Waals surface area contributed by atoms with Gasteiger partial charge < -0.3 is 0 Å². The summed E-state index contributed by atoms with van der Waals surface area (Å²) in [6, 6.07) is 2.18. The van der Waals surface area contributed by atoms with Gasteiger partial charge in [-0.15, -0.1) is 0 Å². The Hall–Kier alpha value is -1.75. The molecule has 4 rings (SSSR count). The first-order valence-electron chi connectivity index (χ1n) is 9.25. The molecule has 5 nitrogen and oxygen atoms in total. The predicted molar refractivity (Wildman–Crippen MR) is 93.6 cm³/mol. The maximum atomic E-state index is 4.94. The average Bonchev–Trinajstić information content (AvgIpc) is 2.92. The Balaban J connectivity index is 1.46. The third kappa shape index (κ3) is 3.22. The summed E-state index contributed by atoms with van der Waals surface area (Å²) in [7, 11) is 2.03. The largest absolute Gasteiger partial charge is 0.293 e. The van der Waals surface area contributed by atoms with Gasteiger partial charge in [-0.3, -0.25) is 9.58 Å². The molecule has 2 aromatic rings. The Morgan fingerprint density at radius 3 is 2.79 bits per heavy atom. The standard InChI is InChI=1S/C19H27N5/c1-14-10-17(23(2)22-14)13-24-9-8-18-16(12-24)11-20-19(21-18)15-6-4-3-5-7-15/h10-11,15H,3-9,12-13H2,1-2H3. The highest BCUT2D eigenvalue weighted by atomic mass is 15.3. The van der Waals surface area contributed by atoms with Gasteiger partial charge in [0.25, 0.3) is 0 Å². The lowest BCUT2D eigenvalue weighted by Crippen LogP contribution is -2.32. The normalized spacial score (nSPS) is 19.4. The molecule has 3 heterocycles. The Bertz CT molecular complexity index is 715. The van der Waals surface area contributed by atoms with Gasteiger partial charge in [0.15, 0.2) is 0 Å². The summed E-state index contributed by atoms with van der Waals surface area (Å²) in [4.78, 5) is 12.1. The summed E-state index contributed by atoms with van der Waals surface area (Å²) >= 11 is 0. The number of aromatic nitrogens is 4. The van der Waals surface area contributed by atoms with E-state index in [2.05, 4.69) is 29.2 Å². The predicted octanol–water partition coefficient (Wildman–Crippen LogP) is 3.12. The second-order valence-corrected chi connectivity index (χ2v) is 7.40. The van der Waals surface area contributed by atoms with Crippen LogP contribution in [0.2, 0.25) is 0 Å². The highest BCUT2D eigenvalue weighted by molar-refractivity contribution is 5.22. The zero-order chi connectivity index (χ0) is 16.5. The minimum absolute atomic E-state index is 0.597. The van der Waals surface area contributed by atoms with Crippen molar-refractivity contribution in [3.63, 3.8) is 0 Å². The molecule has 0 N–H and O–H groups in total. The fraction of sp³-hybridized carbons (Fsp3) is 0.632. The molecule has 2 aromatic heterocycles. The van der Waals surface area contributed by atoms with Crippen LogP contribution in [0.5, 0.6) is 0 Å². The van der Waals surface area contributed by atoms with Gasteiger partial charge in [-0.2, -0.15) is 5.10 Å². The first-order chi connectivity index (χ1) is 11.7. The Labute approximate surface area is 144 Å². The van der Waals surface area contributed by atoms with Gasteiger partial charge in [0.05, 0.1) is 11.4 Å². The van der Waals surface area contributed by atoms with Crippen molar-refractivity contribution in [3.05, 3.63) is 40.7 Å². The molecule has 0 amide bonds. The van der Waals surface area contributed by atoms with Crippen molar-refractivity contribution in [2.24, 2.45) is 7.05 Å². The van der Waals surface area contributed by atoms with Crippen LogP contribution in [0.4, 0.5) is 0 Å². The first kappa shape index (κ1) is 15.8. The third-order valence-corrected chi connectivity index (χ3v) is 5.49. The second kappa shape index (κ2) is 6.63. The molecule has 5 heteroatoms. The molecule has 24 heavy (non-hydrogen) atoms. The van der Waals surface area contributed by atoms with E-state index in [1.807, 2.05) is 11.7 Å². The van der Waals surface area contributed by atoms with Crippen LogP contribution < -0.4 is 0 Å². The van der Waals surface area contributed by atoms with Crippen molar-refractivity contribution in [1.82, 2.24) is 24.6 Å². The zero-order valence-corrected chi connectivity index (χ0v) is 14.8. The van der Waals surface area contributed by atoms with Crippen LogP contribution in [0, 0.1) is 6.92 Å². The minimum atomic E-state index is 0.597. The summed E-state index contributed by atoms with van der Waals surface area (Å²) in [6.45, 7) is 5.01. The molecule has 1 fully saturated rings. The topological polar surface area (TPSA) is 46.8 Å². The van der Waals surface area contributed by atoms with Gasteiger partial charge in [-0.25, -0.2) is 9.97 Å². The van der Waals surface area contributed by atoms with E-state index >= 15 is 0 Å². The molecule has 0 aromatic carbocycles. The maximum Gasteiger partial charge on any atom is 0.131 e. The zero-order valence-electron chi connectivity index (χ0n) is 14.8. The van der Waals surface area contributed by atoms with Gasteiger partial charge in [0.2, 0.25) is 0 Å². The molecule has 1 aliphatic carbocycles. The highest BCUT2D eigenvalue weighted by Crippen LogP contribution is 2.31. The number of hydrogen-bond acceptors (Lipinski definition) is 4. The molecule has 0 atom stereocenters. The first-order valence-corrected chi connectivity index (χ1v) is 9.25. The van der Waals surface area contributed by atoms with Crippen LogP contribution >= 0.6 is 0 Å². The molecule has 0 bridgehead atoms. The van der Waals surface area contributed by atoms with Gasteiger partial charge in [0.1, 0.15) is 5.82 Å². The van der Waals surface area contributed by atoms with Crippen molar-refractivity contribution in [2.75, 3.05) is 6.54 Å². The number of rotatable bonds is 3. The average molecular weight is 325 g/mol. The van der Waals surface area contributed by atoms with Gasteiger partial charge in [-0.1, -0.05) is 19.3 Å². The Kier molecular flexibility index (Phi) is 4.35. The summed E-state index contributed by atoms with van der Waals surface area (Å²) in [5, 5.41) is 4.45. The van der Waals surface area contributed by atoms with Gasteiger partial charge in [-0.05, 0) is 25.8 Å². The second-order valence-electron chi connectivity index (χ2n) is 7.40. The van der Waals surface area contributed by atoms with Crippen LogP contribution in [-0.4, -0.2) is 31.2 Å². The molecule has 0 spiro atoms. The maximum absolute atomic E-state index is 4.94. The molecule has 2 aliphatic rings. The van der Waals surface area contributed by atoms with E-state index < -0.39 is 0 Å². The SMILES string of the molecule is Cc1cc(CN2CCc3nc(C4CCCCC4)ncc3C2)n(C)n1. The van der Waals surface area contributed by atoms with Crippen LogP contribution in [0.15, 0.2) is 12.3 Å². The van der Waals surface area contributed by atoms with Crippen LogP contribution in [0.25, 0.3) is 0 Å². The van der Waals surface area contributed by atoms with E-state index in [0.29, 0.717) is 5.92 Å². The molecular weight excluding hydrogens is 298 g/mol. The minimum Gasteiger partial charge on any atom is -0.293 e. The number of nitrogens with zero attached hydrogens (tertiary/aromatic N) is 5. The lowest BCUT2D eigenvalue weighted by atomic mass is 9.88. The van der Waals surface area contributed by atoms with Crippen molar-refractivity contribution < 1.29 is 0 Å². The molecule has 0 unspecified atom stereocenters. The van der Waals surface area contributed by atoms with E-state index in [9.17, 15) is 0 Å². The van der Waals surface area contributed by atoms with E-state index in [4.69, 9.17) is 9.97 Å². The van der Waals surface area contributed by atoms with E-state index in [0.717, 1.165) is 37.6 Å².